The molecule has 1 aromatic carbocycles. The Morgan fingerprint density at radius 3 is 2.63 bits per heavy atom. The van der Waals surface area contributed by atoms with E-state index in [9.17, 15) is 13.2 Å². The van der Waals surface area contributed by atoms with Crippen LogP contribution in [0.25, 0.3) is 11.3 Å². The summed E-state index contributed by atoms with van der Waals surface area (Å²) in [5, 5.41) is 7.79. The maximum Gasteiger partial charge on any atom is 0.405 e. The van der Waals surface area contributed by atoms with Crippen molar-refractivity contribution in [1.29, 1.82) is 0 Å². The first-order valence-electron chi connectivity index (χ1n) is 14.6. The number of fused-ring (bicyclic) bond motifs is 4. The number of hydrogen-bond donors (Lipinski definition) is 2. The lowest BCUT2D eigenvalue weighted by atomic mass is 9.93. The molecule has 0 radical (unpaired) electrons. The highest BCUT2D eigenvalue weighted by molar-refractivity contribution is 5.67. The van der Waals surface area contributed by atoms with E-state index in [0.717, 1.165) is 53.9 Å². The second-order valence-electron chi connectivity index (χ2n) is 11.8. The summed E-state index contributed by atoms with van der Waals surface area (Å²) in [4.78, 5) is 11.0. The van der Waals surface area contributed by atoms with Crippen molar-refractivity contribution >= 4 is 23.0 Å². The summed E-state index contributed by atoms with van der Waals surface area (Å²) in [6, 6.07) is 8.52. The minimum Gasteiger partial charge on any atom is -0.363 e. The maximum absolute atomic E-state index is 14.2. The normalized spacial score (nSPS) is 23.1. The zero-order chi connectivity index (χ0) is 28.9. The number of nitrogens with one attached hydrogen (secondary N) is 1. The van der Waals surface area contributed by atoms with Gasteiger partial charge in [-0.2, -0.15) is 22.8 Å². The molecule has 41 heavy (non-hydrogen) atoms. The molecule has 8 nitrogen and oxygen atoms in total. The van der Waals surface area contributed by atoms with E-state index in [4.69, 9.17) is 15.8 Å². The average molecular weight is 569 g/mol. The van der Waals surface area contributed by atoms with Gasteiger partial charge in [0.15, 0.2) is 5.65 Å². The Kier molecular flexibility index (Phi) is 7.35. The van der Waals surface area contributed by atoms with Gasteiger partial charge in [0.2, 0.25) is 0 Å². The first-order valence-corrected chi connectivity index (χ1v) is 14.6. The van der Waals surface area contributed by atoms with Crippen molar-refractivity contribution in [3.63, 3.8) is 0 Å². The zero-order valence-electron chi connectivity index (χ0n) is 23.8. The Hall–Kier alpha value is -3.31. The summed E-state index contributed by atoms with van der Waals surface area (Å²) < 4.78 is 44.4. The molecule has 0 amide bonds. The van der Waals surface area contributed by atoms with Crippen LogP contribution in [0, 0.1) is 6.92 Å². The third kappa shape index (κ3) is 5.49. The molecule has 2 atom stereocenters. The number of aromatic nitrogens is 3. The van der Waals surface area contributed by atoms with E-state index in [1.54, 1.807) is 16.5 Å². The second-order valence-corrected chi connectivity index (χ2v) is 11.8. The SMILES string of the molecule is C=C1c2cc(C)ccc2CCCNC(C(F)(F)F)CN(C)c2cc(N3CC(N)C3)nc3cc(nn23)C2CCCCN12. The van der Waals surface area contributed by atoms with Crippen LogP contribution in [0.2, 0.25) is 0 Å². The molecule has 2 saturated heterocycles. The third-order valence-electron chi connectivity index (χ3n) is 8.67. The molecule has 6 rings (SSSR count). The minimum atomic E-state index is -4.40. The highest BCUT2D eigenvalue weighted by Crippen LogP contribution is 2.38. The van der Waals surface area contributed by atoms with Crippen LogP contribution in [-0.2, 0) is 6.42 Å². The number of aryl methyl sites for hydroxylation is 2. The number of hydrogen-bond acceptors (Lipinski definition) is 7. The molecule has 3 aliphatic rings. The van der Waals surface area contributed by atoms with Gasteiger partial charge in [0.1, 0.15) is 17.7 Å². The predicted octanol–water partition coefficient (Wildman–Crippen LogP) is 4.29. The molecule has 3 N–H and O–H groups in total. The van der Waals surface area contributed by atoms with Crippen molar-refractivity contribution in [1.82, 2.24) is 24.8 Å². The van der Waals surface area contributed by atoms with E-state index in [-0.39, 0.29) is 25.2 Å². The monoisotopic (exact) mass is 568 g/mol. The van der Waals surface area contributed by atoms with E-state index < -0.39 is 12.2 Å². The molecule has 0 aliphatic carbocycles. The fourth-order valence-corrected chi connectivity index (χ4v) is 6.36. The van der Waals surface area contributed by atoms with E-state index in [1.165, 1.54) is 0 Å². The standard InChI is InChI=1S/C30H39F3N8/c1-19-9-10-21-7-6-11-35-26(30(31,32)33)18-38(3)29-15-27(39-16-22(34)17-39)36-28-14-24(37-41(28)29)25-8-4-5-12-40(25)20(2)23(21)13-19/h9-10,13-15,22,25-26,35H,2,4-8,11-12,16-18,34H2,1,3H3. The number of nitrogens with zero attached hydrogens (tertiary/aromatic N) is 6. The van der Waals surface area contributed by atoms with Crippen LogP contribution < -0.4 is 20.9 Å². The van der Waals surface area contributed by atoms with Crippen LogP contribution in [0.15, 0.2) is 36.9 Å². The van der Waals surface area contributed by atoms with E-state index >= 15 is 0 Å². The van der Waals surface area contributed by atoms with Gasteiger partial charge in [-0.3, -0.25) is 0 Å². The highest BCUT2D eigenvalue weighted by atomic mass is 19.4. The van der Waals surface area contributed by atoms with Crippen LogP contribution in [-0.4, -0.2) is 77.5 Å². The molecule has 2 aromatic heterocycles. The Balaban J connectivity index is 1.48. The fraction of sp³-hybridized carbons (Fsp3) is 0.533. The third-order valence-corrected chi connectivity index (χ3v) is 8.67. The van der Waals surface area contributed by atoms with Gasteiger partial charge in [-0.15, -0.1) is 0 Å². The summed E-state index contributed by atoms with van der Waals surface area (Å²) >= 11 is 0. The summed E-state index contributed by atoms with van der Waals surface area (Å²) in [7, 11) is 1.69. The molecule has 3 aliphatic heterocycles. The van der Waals surface area contributed by atoms with Gasteiger partial charge in [0, 0.05) is 62.7 Å². The van der Waals surface area contributed by atoms with Gasteiger partial charge in [-0.25, -0.2) is 4.98 Å². The van der Waals surface area contributed by atoms with Gasteiger partial charge in [0.25, 0.3) is 0 Å². The van der Waals surface area contributed by atoms with Crippen LogP contribution in [0.4, 0.5) is 24.8 Å². The number of halogens is 3. The fourth-order valence-electron chi connectivity index (χ4n) is 6.36. The van der Waals surface area contributed by atoms with Gasteiger partial charge in [0.05, 0.1) is 11.7 Å². The van der Waals surface area contributed by atoms with Crippen LogP contribution in [0.3, 0.4) is 0 Å². The predicted molar refractivity (Wildman–Crippen MR) is 156 cm³/mol. The van der Waals surface area contributed by atoms with Gasteiger partial charge in [-0.1, -0.05) is 24.3 Å². The minimum absolute atomic E-state index is 0.00263. The number of alkyl halides is 3. The van der Waals surface area contributed by atoms with Crippen molar-refractivity contribution in [3.05, 3.63) is 59.3 Å². The van der Waals surface area contributed by atoms with Crippen molar-refractivity contribution < 1.29 is 13.2 Å². The Morgan fingerprint density at radius 2 is 1.88 bits per heavy atom. The molecular weight excluding hydrogens is 529 g/mol. The van der Waals surface area contributed by atoms with Crippen molar-refractivity contribution in [2.45, 2.75) is 63.3 Å². The quantitative estimate of drug-likeness (QED) is 0.454. The number of likely N-dealkylation sites (N-methyl/N-ethyl adjacent to an activating group) is 1. The van der Waals surface area contributed by atoms with Crippen molar-refractivity contribution in [2.75, 3.05) is 49.6 Å². The maximum atomic E-state index is 14.2. The summed E-state index contributed by atoms with van der Waals surface area (Å²) in [5.74, 6) is 1.28. The van der Waals surface area contributed by atoms with Gasteiger partial charge < -0.3 is 25.8 Å². The van der Waals surface area contributed by atoms with Gasteiger partial charge in [-0.05, 0) is 57.2 Å². The first-order chi connectivity index (χ1) is 19.6. The molecule has 220 valence electrons. The number of piperidine rings is 1. The Bertz CT molecular complexity index is 1430. The van der Waals surface area contributed by atoms with Gasteiger partial charge >= 0.3 is 6.18 Å². The first kappa shape index (κ1) is 27.8. The molecule has 0 saturated carbocycles. The van der Waals surface area contributed by atoms with Crippen molar-refractivity contribution in [2.24, 2.45) is 5.73 Å². The van der Waals surface area contributed by atoms with E-state index in [0.29, 0.717) is 43.2 Å². The summed E-state index contributed by atoms with van der Waals surface area (Å²) in [6.45, 7) is 8.81. The Labute approximate surface area is 239 Å². The molecule has 2 fully saturated rings. The number of rotatable bonds is 1. The average Bonchev–Trinajstić information content (AvgIpc) is 3.35. The highest BCUT2D eigenvalue weighted by Gasteiger charge is 2.40. The number of nitrogens with two attached hydrogens (primary N) is 1. The topological polar surface area (TPSA) is 78.0 Å². The molecule has 3 aromatic rings. The van der Waals surface area contributed by atoms with Crippen LogP contribution >= 0.6 is 0 Å². The van der Waals surface area contributed by atoms with E-state index in [1.807, 2.05) is 12.1 Å². The summed E-state index contributed by atoms with van der Waals surface area (Å²) in [5.41, 5.74) is 11.8. The lowest BCUT2D eigenvalue weighted by molar-refractivity contribution is -0.153. The largest absolute Gasteiger partial charge is 0.405 e. The Morgan fingerprint density at radius 1 is 1.07 bits per heavy atom. The zero-order valence-corrected chi connectivity index (χ0v) is 23.8. The molecular formula is C30H39F3N8. The molecule has 5 heterocycles. The molecule has 11 heteroatoms. The van der Waals surface area contributed by atoms with E-state index in [2.05, 4.69) is 46.8 Å². The van der Waals surface area contributed by atoms with Crippen molar-refractivity contribution in [3.8, 4) is 0 Å². The van der Waals surface area contributed by atoms with Crippen LogP contribution in [0.5, 0.6) is 0 Å². The smallest absolute Gasteiger partial charge is 0.363 e. The van der Waals surface area contributed by atoms with Crippen LogP contribution in [0.1, 0.15) is 54.1 Å². The molecule has 0 spiro atoms. The molecule has 2 bridgehead atoms. The number of benzene rings is 1. The molecule has 2 unspecified atom stereocenters. The lowest BCUT2D eigenvalue weighted by Gasteiger charge is -2.38. The number of anilines is 2. The second kappa shape index (κ2) is 10.8. The lowest BCUT2D eigenvalue weighted by Crippen LogP contribution is -2.56. The summed E-state index contributed by atoms with van der Waals surface area (Å²) in [6.07, 6.45) is -0.0946.